The highest BCUT2D eigenvalue weighted by Gasteiger charge is 2.28. The minimum atomic E-state index is -3.27. The molecule has 5 nitrogen and oxygen atoms in total. The molecule has 2 aliphatic heterocycles. The van der Waals surface area contributed by atoms with Gasteiger partial charge in [-0.15, -0.1) is 0 Å². The molecule has 1 atom stereocenters. The molecule has 0 aromatic rings. The molecular weight excluding hydrogens is 306 g/mol. The first-order valence-corrected chi connectivity index (χ1v) is 10.7. The fraction of sp³-hybridized carbons (Fsp3) is 1.00. The van der Waals surface area contributed by atoms with Gasteiger partial charge in [-0.1, -0.05) is 6.92 Å². The first kappa shape index (κ1) is 17.5. The Bertz CT molecular complexity index is 389. The molecule has 0 aromatic heterocycles. The molecule has 0 aromatic carbocycles. The average molecular weight is 336 g/mol. The number of rotatable bonds is 8. The molecular formula is C14H29N3O2S2. The highest BCUT2D eigenvalue weighted by atomic mass is 32.2. The lowest BCUT2D eigenvalue weighted by atomic mass is 9.98. The Morgan fingerprint density at radius 3 is 2.57 bits per heavy atom. The molecule has 0 aliphatic carbocycles. The Kier molecular flexibility index (Phi) is 7.28. The molecule has 0 spiro atoms. The van der Waals surface area contributed by atoms with Crippen LogP contribution in [0.15, 0.2) is 0 Å². The van der Waals surface area contributed by atoms with E-state index in [9.17, 15) is 8.42 Å². The summed E-state index contributed by atoms with van der Waals surface area (Å²) in [4.78, 5) is 0. The fourth-order valence-electron chi connectivity index (χ4n) is 2.93. The van der Waals surface area contributed by atoms with Gasteiger partial charge in [0.05, 0.1) is 0 Å². The van der Waals surface area contributed by atoms with Crippen LogP contribution in [0, 0.1) is 5.92 Å². The van der Waals surface area contributed by atoms with Gasteiger partial charge in [-0.2, -0.15) is 24.5 Å². The topological polar surface area (TPSA) is 61.4 Å². The van der Waals surface area contributed by atoms with Gasteiger partial charge in [0.15, 0.2) is 0 Å². The van der Waals surface area contributed by atoms with Crippen molar-refractivity contribution in [2.75, 3.05) is 38.5 Å². The third kappa shape index (κ3) is 5.71. The number of nitrogens with zero attached hydrogens (tertiary/aromatic N) is 1. The maximum atomic E-state index is 12.3. The molecule has 21 heavy (non-hydrogen) atoms. The standard InChI is InChI=1S/C14H29N3O2S2/c1-2-7-15-11-13-5-8-17(9-6-13)21(18,19)16-12-14-4-3-10-20-14/h13-16H,2-12H2,1H3. The van der Waals surface area contributed by atoms with E-state index in [4.69, 9.17) is 0 Å². The largest absolute Gasteiger partial charge is 0.316 e. The third-order valence-electron chi connectivity index (χ3n) is 4.29. The molecule has 2 heterocycles. The summed E-state index contributed by atoms with van der Waals surface area (Å²) >= 11 is 1.89. The zero-order valence-corrected chi connectivity index (χ0v) is 14.6. The predicted molar refractivity (Wildman–Crippen MR) is 89.9 cm³/mol. The van der Waals surface area contributed by atoms with Crippen molar-refractivity contribution in [2.45, 2.75) is 44.3 Å². The van der Waals surface area contributed by atoms with Crippen LogP contribution in [0.25, 0.3) is 0 Å². The molecule has 1 unspecified atom stereocenters. The van der Waals surface area contributed by atoms with Crippen molar-refractivity contribution in [1.29, 1.82) is 0 Å². The molecule has 2 fully saturated rings. The maximum absolute atomic E-state index is 12.3. The van der Waals surface area contributed by atoms with Crippen molar-refractivity contribution >= 4 is 22.0 Å². The summed E-state index contributed by atoms with van der Waals surface area (Å²) < 4.78 is 29.0. The lowest BCUT2D eigenvalue weighted by Gasteiger charge is -2.31. The van der Waals surface area contributed by atoms with Crippen molar-refractivity contribution in [2.24, 2.45) is 5.92 Å². The van der Waals surface area contributed by atoms with Gasteiger partial charge in [-0.05, 0) is 56.9 Å². The molecule has 2 saturated heterocycles. The summed E-state index contributed by atoms with van der Waals surface area (Å²) in [6, 6.07) is 0. The minimum Gasteiger partial charge on any atom is -0.316 e. The van der Waals surface area contributed by atoms with Crippen LogP contribution in [0.5, 0.6) is 0 Å². The van der Waals surface area contributed by atoms with E-state index >= 15 is 0 Å². The lowest BCUT2D eigenvalue weighted by molar-refractivity contribution is 0.265. The molecule has 7 heteroatoms. The Balaban J connectivity index is 1.69. The second kappa shape index (κ2) is 8.72. The predicted octanol–water partition coefficient (Wildman–Crippen LogP) is 1.43. The number of hydrogen-bond acceptors (Lipinski definition) is 4. The summed E-state index contributed by atoms with van der Waals surface area (Å²) in [5, 5.41) is 3.90. The monoisotopic (exact) mass is 335 g/mol. The Hall–Kier alpha value is 0.180. The first-order valence-electron chi connectivity index (χ1n) is 8.19. The average Bonchev–Trinajstić information content (AvgIpc) is 3.00. The van der Waals surface area contributed by atoms with E-state index in [0.29, 0.717) is 30.8 Å². The van der Waals surface area contributed by atoms with E-state index in [1.54, 1.807) is 4.31 Å². The second-order valence-electron chi connectivity index (χ2n) is 6.04. The van der Waals surface area contributed by atoms with E-state index in [1.807, 2.05) is 11.8 Å². The van der Waals surface area contributed by atoms with E-state index in [1.165, 1.54) is 12.2 Å². The maximum Gasteiger partial charge on any atom is 0.279 e. The van der Waals surface area contributed by atoms with Crippen LogP contribution in [0.2, 0.25) is 0 Å². The van der Waals surface area contributed by atoms with E-state index < -0.39 is 10.2 Å². The molecule has 2 aliphatic rings. The highest BCUT2D eigenvalue weighted by Crippen LogP contribution is 2.25. The Morgan fingerprint density at radius 1 is 1.19 bits per heavy atom. The fourth-order valence-corrected chi connectivity index (χ4v) is 5.52. The minimum absolute atomic E-state index is 0.468. The third-order valence-corrected chi connectivity index (χ3v) is 7.27. The van der Waals surface area contributed by atoms with Gasteiger partial charge in [-0.25, -0.2) is 4.72 Å². The van der Waals surface area contributed by atoms with Gasteiger partial charge < -0.3 is 5.32 Å². The van der Waals surface area contributed by atoms with E-state index in [0.717, 1.165) is 38.8 Å². The zero-order chi connectivity index (χ0) is 15.1. The van der Waals surface area contributed by atoms with Crippen molar-refractivity contribution in [3.63, 3.8) is 0 Å². The smallest absolute Gasteiger partial charge is 0.279 e. The van der Waals surface area contributed by atoms with Gasteiger partial charge in [0.25, 0.3) is 10.2 Å². The van der Waals surface area contributed by atoms with E-state index in [-0.39, 0.29) is 0 Å². The highest BCUT2D eigenvalue weighted by molar-refractivity contribution is 8.00. The van der Waals surface area contributed by atoms with Crippen LogP contribution in [0.4, 0.5) is 0 Å². The molecule has 2 rings (SSSR count). The van der Waals surface area contributed by atoms with Crippen LogP contribution < -0.4 is 10.0 Å². The summed E-state index contributed by atoms with van der Waals surface area (Å²) in [5.41, 5.74) is 0. The number of piperidine rings is 1. The van der Waals surface area contributed by atoms with E-state index in [2.05, 4.69) is 17.0 Å². The second-order valence-corrected chi connectivity index (χ2v) is 9.20. The number of hydrogen-bond donors (Lipinski definition) is 2. The molecule has 2 N–H and O–H groups in total. The van der Waals surface area contributed by atoms with Gasteiger partial charge >= 0.3 is 0 Å². The molecule has 0 saturated carbocycles. The molecule has 0 bridgehead atoms. The van der Waals surface area contributed by atoms with Crippen LogP contribution >= 0.6 is 11.8 Å². The van der Waals surface area contributed by atoms with Crippen LogP contribution in [-0.4, -0.2) is 56.4 Å². The van der Waals surface area contributed by atoms with Crippen molar-refractivity contribution in [3.05, 3.63) is 0 Å². The molecule has 0 radical (unpaired) electrons. The molecule has 0 amide bonds. The van der Waals surface area contributed by atoms with Crippen molar-refractivity contribution in [3.8, 4) is 0 Å². The van der Waals surface area contributed by atoms with Gasteiger partial charge in [-0.3, -0.25) is 0 Å². The summed E-state index contributed by atoms with van der Waals surface area (Å²) in [7, 11) is -3.27. The summed E-state index contributed by atoms with van der Waals surface area (Å²) in [5.74, 6) is 1.79. The van der Waals surface area contributed by atoms with Crippen LogP contribution in [0.1, 0.15) is 39.0 Å². The van der Waals surface area contributed by atoms with Gasteiger partial charge in [0.1, 0.15) is 0 Å². The lowest BCUT2D eigenvalue weighted by Crippen LogP contribution is -2.47. The van der Waals surface area contributed by atoms with Gasteiger partial charge in [0, 0.05) is 24.9 Å². The van der Waals surface area contributed by atoms with Gasteiger partial charge in [0.2, 0.25) is 0 Å². The molecule has 124 valence electrons. The summed E-state index contributed by atoms with van der Waals surface area (Å²) in [6.07, 6.45) is 5.44. The van der Waals surface area contributed by atoms with Crippen LogP contribution in [-0.2, 0) is 10.2 Å². The van der Waals surface area contributed by atoms with Crippen molar-refractivity contribution < 1.29 is 8.42 Å². The SMILES string of the molecule is CCCNCC1CCN(S(=O)(=O)NCC2CCCS2)CC1. The number of thioether (sulfide) groups is 1. The summed E-state index contributed by atoms with van der Waals surface area (Å²) in [6.45, 7) is 6.14. The normalized spacial score (nSPS) is 25.5. The van der Waals surface area contributed by atoms with Crippen molar-refractivity contribution in [1.82, 2.24) is 14.3 Å². The quantitative estimate of drug-likeness (QED) is 0.659. The number of nitrogens with one attached hydrogen (secondary N) is 2. The van der Waals surface area contributed by atoms with Crippen LogP contribution in [0.3, 0.4) is 0 Å². The Labute approximate surface area is 133 Å². The Morgan fingerprint density at radius 2 is 1.95 bits per heavy atom. The first-order chi connectivity index (χ1) is 10.1. The zero-order valence-electron chi connectivity index (χ0n) is 13.0.